The number of rotatable bonds is 6. The number of halogens is 2. The average molecular weight is 364 g/mol. The summed E-state index contributed by atoms with van der Waals surface area (Å²) in [5.41, 5.74) is 0.820. The first kappa shape index (κ1) is 18.2. The van der Waals surface area contributed by atoms with Crippen molar-refractivity contribution in [3.63, 3.8) is 0 Å². The van der Waals surface area contributed by atoms with E-state index in [9.17, 15) is 9.59 Å². The normalized spacial score (nSPS) is 12.1. The van der Waals surface area contributed by atoms with Crippen molar-refractivity contribution < 1.29 is 14.3 Å². The first-order valence-corrected chi connectivity index (χ1v) is 8.03. The van der Waals surface area contributed by atoms with Crippen LogP contribution >= 0.6 is 23.2 Å². The van der Waals surface area contributed by atoms with E-state index in [2.05, 4.69) is 4.99 Å². The van der Waals surface area contributed by atoms with Crippen LogP contribution in [-0.2, 0) is 9.53 Å². The van der Waals surface area contributed by atoms with E-state index in [0.29, 0.717) is 10.7 Å². The number of carbonyl (C=O) groups excluding carboxylic acids is 2. The van der Waals surface area contributed by atoms with Crippen LogP contribution in [0.2, 0.25) is 10.0 Å². The first-order valence-electron chi connectivity index (χ1n) is 7.28. The molecule has 0 N–H and O–H groups in total. The van der Waals surface area contributed by atoms with Crippen LogP contribution in [0, 0.1) is 5.92 Å². The Morgan fingerprint density at radius 3 is 2.42 bits per heavy atom. The van der Waals surface area contributed by atoms with Gasteiger partial charge in [0, 0.05) is 16.8 Å². The molecule has 2 rings (SSSR count). The first-order chi connectivity index (χ1) is 11.5. The minimum absolute atomic E-state index is 0.167. The van der Waals surface area contributed by atoms with Crippen LogP contribution in [0.5, 0.6) is 0 Å². The lowest BCUT2D eigenvalue weighted by Gasteiger charge is -2.11. The molecule has 24 heavy (non-hydrogen) atoms. The Kier molecular flexibility index (Phi) is 6.53. The van der Waals surface area contributed by atoms with Crippen LogP contribution < -0.4 is 0 Å². The molecule has 0 aliphatic heterocycles. The second kappa shape index (κ2) is 8.62. The molecule has 0 saturated heterocycles. The van der Waals surface area contributed by atoms with Gasteiger partial charge in [0.1, 0.15) is 0 Å². The van der Waals surface area contributed by atoms with E-state index in [0.717, 1.165) is 0 Å². The molecule has 0 saturated carbocycles. The number of carbonyl (C=O) groups is 2. The Labute approximate surface area is 150 Å². The smallest absolute Gasteiger partial charge is 0.322 e. The van der Waals surface area contributed by atoms with Gasteiger partial charge in [0.05, 0.1) is 17.3 Å². The van der Waals surface area contributed by atoms with Crippen molar-refractivity contribution in [1.82, 2.24) is 0 Å². The lowest BCUT2D eigenvalue weighted by atomic mass is 9.98. The molecule has 0 aliphatic rings. The zero-order valence-electron chi connectivity index (χ0n) is 12.9. The van der Waals surface area contributed by atoms with Gasteiger partial charge in [-0.2, -0.15) is 0 Å². The third-order valence-electron chi connectivity index (χ3n) is 3.16. The number of benzene rings is 2. The predicted molar refractivity (Wildman–Crippen MR) is 95.5 cm³/mol. The standard InChI is InChI=1S/C18H15Cl2NO3/c1-2-24-18(23)15(11-21-13-9-7-12(19)8-10-13)17(22)14-5-3-4-6-16(14)20/h3-11,15H,2H2,1H3. The summed E-state index contributed by atoms with van der Waals surface area (Å²) in [7, 11) is 0. The second-order valence-electron chi connectivity index (χ2n) is 4.83. The number of ketones is 1. The molecule has 0 radical (unpaired) electrons. The van der Waals surface area contributed by atoms with Crippen molar-refractivity contribution in [2.24, 2.45) is 10.9 Å². The molecular weight excluding hydrogens is 349 g/mol. The van der Waals surface area contributed by atoms with Gasteiger partial charge >= 0.3 is 5.97 Å². The average Bonchev–Trinajstić information content (AvgIpc) is 2.57. The lowest BCUT2D eigenvalue weighted by molar-refractivity contribution is -0.143. The van der Waals surface area contributed by atoms with Gasteiger partial charge in [0.25, 0.3) is 0 Å². The maximum atomic E-state index is 12.7. The third-order valence-corrected chi connectivity index (χ3v) is 3.74. The van der Waals surface area contributed by atoms with Gasteiger partial charge in [-0.3, -0.25) is 14.6 Å². The number of esters is 1. The van der Waals surface area contributed by atoms with Crippen molar-refractivity contribution in [1.29, 1.82) is 0 Å². The van der Waals surface area contributed by atoms with E-state index in [4.69, 9.17) is 27.9 Å². The molecule has 0 aliphatic carbocycles. The molecule has 1 atom stereocenters. The number of Topliss-reactive ketones (excluding diaryl/α,β-unsaturated/α-hetero) is 1. The van der Waals surface area contributed by atoms with Gasteiger partial charge in [0.15, 0.2) is 11.7 Å². The van der Waals surface area contributed by atoms with E-state index in [1.807, 2.05) is 0 Å². The van der Waals surface area contributed by atoms with Gasteiger partial charge in [-0.1, -0.05) is 35.3 Å². The predicted octanol–water partition coefficient (Wildman–Crippen LogP) is 4.76. The van der Waals surface area contributed by atoms with Crippen molar-refractivity contribution >= 4 is 46.9 Å². The largest absolute Gasteiger partial charge is 0.465 e. The summed E-state index contributed by atoms with van der Waals surface area (Å²) in [4.78, 5) is 29.0. The summed E-state index contributed by atoms with van der Waals surface area (Å²) in [5.74, 6) is -2.29. The Morgan fingerprint density at radius 2 is 1.79 bits per heavy atom. The molecule has 0 heterocycles. The number of aliphatic imine (C=N–C) groups is 1. The fourth-order valence-corrected chi connectivity index (χ4v) is 2.34. The summed E-state index contributed by atoms with van der Waals surface area (Å²) in [5, 5.41) is 0.847. The van der Waals surface area contributed by atoms with Crippen molar-refractivity contribution in [3.05, 3.63) is 64.1 Å². The molecule has 0 aromatic heterocycles. The molecule has 6 heteroatoms. The summed E-state index contributed by atoms with van der Waals surface area (Å²) in [6.45, 7) is 1.84. The van der Waals surface area contributed by atoms with Crippen LogP contribution in [-0.4, -0.2) is 24.6 Å². The Morgan fingerprint density at radius 1 is 1.12 bits per heavy atom. The van der Waals surface area contributed by atoms with E-state index in [1.54, 1.807) is 55.5 Å². The Balaban J connectivity index is 2.31. The fraction of sp³-hybridized carbons (Fsp3) is 0.167. The zero-order chi connectivity index (χ0) is 17.5. The highest BCUT2D eigenvalue weighted by molar-refractivity contribution is 6.35. The van der Waals surface area contributed by atoms with Gasteiger partial charge < -0.3 is 4.74 Å². The summed E-state index contributed by atoms with van der Waals surface area (Å²) < 4.78 is 4.98. The zero-order valence-corrected chi connectivity index (χ0v) is 14.4. The minimum Gasteiger partial charge on any atom is -0.465 e. The van der Waals surface area contributed by atoms with E-state index < -0.39 is 17.7 Å². The van der Waals surface area contributed by atoms with Crippen molar-refractivity contribution in [2.45, 2.75) is 6.92 Å². The van der Waals surface area contributed by atoms with Gasteiger partial charge in [-0.15, -0.1) is 0 Å². The highest BCUT2D eigenvalue weighted by Gasteiger charge is 2.28. The topological polar surface area (TPSA) is 55.7 Å². The minimum atomic E-state index is -1.17. The highest BCUT2D eigenvalue weighted by atomic mass is 35.5. The SMILES string of the molecule is CCOC(=O)C(C=Nc1ccc(Cl)cc1)C(=O)c1ccccc1Cl. The van der Waals surface area contributed by atoms with Crippen molar-refractivity contribution in [2.75, 3.05) is 6.61 Å². The molecule has 4 nitrogen and oxygen atoms in total. The van der Waals surface area contributed by atoms with Crippen LogP contribution in [0.1, 0.15) is 17.3 Å². The summed E-state index contributed by atoms with van der Waals surface area (Å²) in [6.07, 6.45) is 1.27. The van der Waals surface area contributed by atoms with Crippen molar-refractivity contribution in [3.8, 4) is 0 Å². The number of hydrogen-bond donors (Lipinski definition) is 0. The Bertz CT molecular complexity index is 757. The quantitative estimate of drug-likeness (QED) is 0.321. The van der Waals surface area contributed by atoms with Crippen LogP contribution in [0.4, 0.5) is 5.69 Å². The fourth-order valence-electron chi connectivity index (χ4n) is 1.98. The molecule has 1 unspecified atom stereocenters. The van der Waals surface area contributed by atoms with Gasteiger partial charge in [-0.25, -0.2) is 0 Å². The second-order valence-corrected chi connectivity index (χ2v) is 5.67. The molecule has 0 bridgehead atoms. The molecule has 2 aromatic rings. The van der Waals surface area contributed by atoms with E-state index in [1.165, 1.54) is 6.21 Å². The Hall–Kier alpha value is -2.17. The lowest BCUT2D eigenvalue weighted by Crippen LogP contribution is -2.28. The molecule has 0 fully saturated rings. The maximum absolute atomic E-state index is 12.7. The third kappa shape index (κ3) is 4.66. The molecular formula is C18H15Cl2NO3. The van der Waals surface area contributed by atoms with Crippen LogP contribution in [0.3, 0.4) is 0 Å². The number of nitrogens with zero attached hydrogens (tertiary/aromatic N) is 1. The molecule has 0 spiro atoms. The summed E-state index contributed by atoms with van der Waals surface area (Å²) in [6, 6.07) is 13.2. The highest BCUT2D eigenvalue weighted by Crippen LogP contribution is 2.21. The number of ether oxygens (including phenoxy) is 1. The molecule has 124 valence electrons. The summed E-state index contributed by atoms with van der Waals surface area (Å²) >= 11 is 11.9. The molecule has 2 aromatic carbocycles. The van der Waals surface area contributed by atoms with Gasteiger partial charge in [0.2, 0.25) is 0 Å². The van der Waals surface area contributed by atoms with Crippen LogP contribution in [0.25, 0.3) is 0 Å². The number of hydrogen-bond acceptors (Lipinski definition) is 4. The van der Waals surface area contributed by atoms with Crippen LogP contribution in [0.15, 0.2) is 53.5 Å². The van der Waals surface area contributed by atoms with Gasteiger partial charge in [-0.05, 0) is 43.3 Å². The maximum Gasteiger partial charge on any atom is 0.322 e. The molecule has 0 amide bonds. The monoisotopic (exact) mass is 363 g/mol. The van der Waals surface area contributed by atoms with E-state index in [-0.39, 0.29) is 17.2 Å². The van der Waals surface area contributed by atoms with E-state index >= 15 is 0 Å².